The number of rotatable bonds is 2. The van der Waals surface area contributed by atoms with Crippen LogP contribution in [0.5, 0.6) is 0 Å². The van der Waals surface area contributed by atoms with E-state index in [1.165, 1.54) is 6.07 Å². The highest BCUT2D eigenvalue weighted by atomic mass is 35.5. The first kappa shape index (κ1) is 13.3. The molecule has 0 radical (unpaired) electrons. The van der Waals surface area contributed by atoms with Crippen LogP contribution < -0.4 is 11.1 Å². The molecular formula is C10H7ClF3N5. The first-order chi connectivity index (χ1) is 8.84. The SMILES string of the molecule is Nc1nc(Nc2cccc(Cl)c2)nc(C(F)(F)F)n1. The van der Waals surface area contributed by atoms with Crippen LogP contribution in [0.15, 0.2) is 24.3 Å². The van der Waals surface area contributed by atoms with Gasteiger partial charge in [-0.3, -0.25) is 0 Å². The highest BCUT2D eigenvalue weighted by Crippen LogP contribution is 2.27. The van der Waals surface area contributed by atoms with E-state index in [1.807, 2.05) is 0 Å². The van der Waals surface area contributed by atoms with Crippen molar-refractivity contribution in [2.75, 3.05) is 11.1 Å². The van der Waals surface area contributed by atoms with Crippen molar-refractivity contribution in [2.45, 2.75) is 6.18 Å². The molecule has 0 amide bonds. The number of anilines is 3. The summed E-state index contributed by atoms with van der Waals surface area (Å²) in [6, 6.07) is 6.35. The van der Waals surface area contributed by atoms with Gasteiger partial charge in [-0.1, -0.05) is 17.7 Å². The average Bonchev–Trinajstić information content (AvgIpc) is 2.26. The molecule has 3 N–H and O–H groups in total. The second-order valence-corrected chi connectivity index (χ2v) is 3.91. The second kappa shape index (κ2) is 4.88. The molecule has 0 aliphatic carbocycles. The van der Waals surface area contributed by atoms with Gasteiger partial charge in [0.2, 0.25) is 17.7 Å². The Hall–Kier alpha value is -2.09. The Kier molecular flexibility index (Phi) is 3.43. The third-order valence-corrected chi connectivity index (χ3v) is 2.22. The van der Waals surface area contributed by atoms with Crippen molar-refractivity contribution in [1.82, 2.24) is 15.0 Å². The molecule has 0 spiro atoms. The van der Waals surface area contributed by atoms with Crippen molar-refractivity contribution < 1.29 is 13.2 Å². The zero-order chi connectivity index (χ0) is 14.0. The van der Waals surface area contributed by atoms with Gasteiger partial charge in [-0.15, -0.1) is 0 Å². The molecule has 1 heterocycles. The van der Waals surface area contributed by atoms with Crippen molar-refractivity contribution >= 4 is 29.2 Å². The molecule has 1 aromatic carbocycles. The smallest absolute Gasteiger partial charge is 0.368 e. The quantitative estimate of drug-likeness (QED) is 0.889. The summed E-state index contributed by atoms with van der Waals surface area (Å²) in [7, 11) is 0. The lowest BCUT2D eigenvalue weighted by Crippen LogP contribution is -2.15. The number of halogens is 4. The zero-order valence-electron chi connectivity index (χ0n) is 9.24. The van der Waals surface area contributed by atoms with Gasteiger partial charge in [-0.25, -0.2) is 0 Å². The molecule has 19 heavy (non-hydrogen) atoms. The lowest BCUT2D eigenvalue weighted by Gasteiger charge is -2.09. The summed E-state index contributed by atoms with van der Waals surface area (Å²) in [6.07, 6.45) is -4.69. The Morgan fingerprint density at radius 1 is 1.16 bits per heavy atom. The monoisotopic (exact) mass is 289 g/mol. The summed E-state index contributed by atoms with van der Waals surface area (Å²) >= 11 is 5.75. The Bertz CT molecular complexity index is 602. The van der Waals surface area contributed by atoms with Gasteiger partial charge in [-0.2, -0.15) is 28.1 Å². The molecule has 0 aliphatic heterocycles. The molecular weight excluding hydrogens is 283 g/mol. The minimum absolute atomic E-state index is 0.304. The predicted molar refractivity (Wildman–Crippen MR) is 64.0 cm³/mol. The summed E-state index contributed by atoms with van der Waals surface area (Å²) in [5, 5.41) is 2.99. The van der Waals surface area contributed by atoms with Gasteiger partial charge < -0.3 is 11.1 Å². The van der Waals surface area contributed by atoms with Gasteiger partial charge in [0, 0.05) is 10.7 Å². The van der Waals surface area contributed by atoms with E-state index in [0.29, 0.717) is 10.7 Å². The topological polar surface area (TPSA) is 76.7 Å². The van der Waals surface area contributed by atoms with Gasteiger partial charge >= 0.3 is 6.18 Å². The number of benzene rings is 1. The van der Waals surface area contributed by atoms with E-state index in [-0.39, 0.29) is 5.95 Å². The van der Waals surface area contributed by atoms with Gasteiger partial charge in [0.1, 0.15) is 0 Å². The van der Waals surface area contributed by atoms with Gasteiger partial charge in [-0.05, 0) is 18.2 Å². The number of hydrogen-bond donors (Lipinski definition) is 2. The third kappa shape index (κ3) is 3.44. The number of nitrogen functional groups attached to an aromatic ring is 1. The van der Waals surface area contributed by atoms with Crippen LogP contribution in [0.1, 0.15) is 5.82 Å². The standard InChI is InChI=1S/C10H7ClF3N5/c11-5-2-1-3-6(4-5)16-9-18-7(10(12,13)14)17-8(15)19-9/h1-4H,(H3,15,16,17,18,19). The number of hydrogen-bond acceptors (Lipinski definition) is 5. The maximum atomic E-state index is 12.5. The fraction of sp³-hybridized carbons (Fsp3) is 0.100. The van der Waals surface area contributed by atoms with Gasteiger partial charge in [0.05, 0.1) is 0 Å². The van der Waals surface area contributed by atoms with E-state index in [0.717, 1.165) is 0 Å². The third-order valence-electron chi connectivity index (χ3n) is 1.99. The van der Waals surface area contributed by atoms with Crippen molar-refractivity contribution in [3.8, 4) is 0 Å². The van der Waals surface area contributed by atoms with Crippen molar-refractivity contribution in [1.29, 1.82) is 0 Å². The maximum Gasteiger partial charge on any atom is 0.451 e. The summed E-state index contributed by atoms with van der Waals surface area (Å²) in [5.41, 5.74) is 5.65. The van der Waals surface area contributed by atoms with Crippen LogP contribution in [0.4, 0.5) is 30.8 Å². The van der Waals surface area contributed by atoms with Gasteiger partial charge in [0.25, 0.3) is 0 Å². The number of nitrogens with two attached hydrogens (primary N) is 1. The van der Waals surface area contributed by atoms with Crippen molar-refractivity contribution in [3.63, 3.8) is 0 Å². The highest BCUT2D eigenvalue weighted by molar-refractivity contribution is 6.30. The Balaban J connectivity index is 2.33. The molecule has 0 atom stereocenters. The normalized spacial score (nSPS) is 11.4. The number of alkyl halides is 3. The Morgan fingerprint density at radius 3 is 2.53 bits per heavy atom. The van der Waals surface area contributed by atoms with Crippen LogP contribution in [0, 0.1) is 0 Å². The predicted octanol–water partition coefficient (Wildman–Crippen LogP) is 2.87. The Morgan fingerprint density at radius 2 is 1.89 bits per heavy atom. The molecule has 1 aromatic heterocycles. The molecule has 0 saturated carbocycles. The van der Waals surface area contributed by atoms with E-state index >= 15 is 0 Å². The van der Waals surface area contributed by atoms with Crippen molar-refractivity contribution in [2.24, 2.45) is 0 Å². The molecule has 2 aromatic rings. The summed E-state index contributed by atoms with van der Waals surface area (Å²) in [5.74, 6) is -2.18. The molecule has 2 rings (SSSR count). The summed E-state index contributed by atoms with van der Waals surface area (Å²) < 4.78 is 37.5. The van der Waals surface area contributed by atoms with Crippen LogP contribution >= 0.6 is 11.6 Å². The molecule has 0 unspecified atom stereocenters. The molecule has 100 valence electrons. The molecule has 5 nitrogen and oxygen atoms in total. The molecule has 0 aliphatic rings. The van der Waals surface area contributed by atoms with Gasteiger partial charge in [0.15, 0.2) is 0 Å². The lowest BCUT2D eigenvalue weighted by atomic mass is 10.3. The van der Waals surface area contributed by atoms with Crippen LogP contribution in [-0.4, -0.2) is 15.0 Å². The van der Waals surface area contributed by atoms with Crippen molar-refractivity contribution in [3.05, 3.63) is 35.1 Å². The van der Waals surface area contributed by atoms with E-state index < -0.39 is 17.9 Å². The van der Waals surface area contributed by atoms with E-state index in [9.17, 15) is 13.2 Å². The largest absolute Gasteiger partial charge is 0.451 e. The first-order valence-corrected chi connectivity index (χ1v) is 5.34. The highest BCUT2D eigenvalue weighted by Gasteiger charge is 2.35. The van der Waals surface area contributed by atoms with Crippen LogP contribution in [0.2, 0.25) is 5.02 Å². The van der Waals surface area contributed by atoms with E-state index in [4.69, 9.17) is 17.3 Å². The first-order valence-electron chi connectivity index (χ1n) is 4.96. The lowest BCUT2D eigenvalue weighted by molar-refractivity contribution is -0.144. The minimum atomic E-state index is -4.69. The average molecular weight is 290 g/mol. The number of nitrogens with one attached hydrogen (secondary N) is 1. The summed E-state index contributed by atoms with van der Waals surface area (Å²) in [6.45, 7) is 0. The second-order valence-electron chi connectivity index (χ2n) is 3.47. The van der Waals surface area contributed by atoms with Crippen LogP contribution in [0.3, 0.4) is 0 Å². The minimum Gasteiger partial charge on any atom is -0.368 e. The van der Waals surface area contributed by atoms with Crippen LogP contribution in [0.25, 0.3) is 0 Å². The maximum absolute atomic E-state index is 12.5. The van der Waals surface area contributed by atoms with E-state index in [1.54, 1.807) is 18.2 Å². The number of aromatic nitrogens is 3. The summed E-state index contributed by atoms with van der Waals surface area (Å²) in [4.78, 5) is 9.85. The molecule has 9 heteroatoms. The fourth-order valence-corrected chi connectivity index (χ4v) is 1.46. The van der Waals surface area contributed by atoms with E-state index in [2.05, 4.69) is 20.3 Å². The molecule has 0 bridgehead atoms. The van der Waals surface area contributed by atoms with Crippen LogP contribution in [-0.2, 0) is 6.18 Å². The molecule has 0 fully saturated rings. The fourth-order valence-electron chi connectivity index (χ4n) is 1.27. The number of nitrogens with zero attached hydrogens (tertiary/aromatic N) is 3. The molecule has 0 saturated heterocycles. The Labute approximate surface area is 110 Å². The zero-order valence-corrected chi connectivity index (χ0v) is 10.00.